The topological polar surface area (TPSA) is 127 Å². The van der Waals surface area contributed by atoms with E-state index >= 15 is 8.78 Å². The van der Waals surface area contributed by atoms with Gasteiger partial charge in [0.2, 0.25) is 5.12 Å². The molecule has 0 aromatic heterocycles. The first kappa shape index (κ1) is 29.5. The molecule has 13 heteroatoms. The van der Waals surface area contributed by atoms with Crippen LogP contribution in [0, 0.1) is 28.6 Å². The maximum Gasteiger partial charge on any atom is 0.469 e. The van der Waals surface area contributed by atoms with Gasteiger partial charge in [-0.2, -0.15) is 0 Å². The van der Waals surface area contributed by atoms with Crippen LogP contribution in [0.15, 0.2) is 23.8 Å². The average molecular weight is 581 g/mol. The van der Waals surface area contributed by atoms with E-state index in [1.165, 1.54) is 26.8 Å². The van der Waals surface area contributed by atoms with Crippen LogP contribution >= 0.6 is 19.6 Å². The molecule has 4 rings (SSSR count). The van der Waals surface area contributed by atoms with Crippen LogP contribution < -0.4 is 0 Å². The van der Waals surface area contributed by atoms with Crippen LogP contribution in [0.2, 0.25) is 0 Å². The highest BCUT2D eigenvalue weighted by atomic mass is 32.2. The standard InChI is InChI=1S/C25H32F3O8PS/c1-5-20(30)35-25(21(31)38-12-26)13(2)8-15-16-10-18(27)17-9-14(29)6-7-22(17,3)24(16,28)19(11-23(15,25)4)36-37(32,33)34/h6-7,9,13,15-16,18-19H,5,8,10-12H2,1-4H3,(H2,32,33,34)/t13-,15+,16+,18+,19+,22+,23+,24+,25+/m1/s1. The summed E-state index contributed by atoms with van der Waals surface area (Å²) >= 11 is 0.296. The molecule has 212 valence electrons. The molecule has 0 aliphatic heterocycles. The number of thioether (sulfide) groups is 1. The van der Waals surface area contributed by atoms with Crippen molar-refractivity contribution in [2.45, 2.75) is 76.9 Å². The zero-order valence-electron chi connectivity index (χ0n) is 21.5. The molecule has 0 bridgehead atoms. The van der Waals surface area contributed by atoms with E-state index < -0.39 is 95.7 Å². The van der Waals surface area contributed by atoms with Crippen molar-refractivity contribution in [2.75, 3.05) is 6.01 Å². The van der Waals surface area contributed by atoms with Gasteiger partial charge < -0.3 is 14.5 Å². The van der Waals surface area contributed by atoms with E-state index in [4.69, 9.17) is 9.26 Å². The SMILES string of the molecule is CCC(=O)O[C@]1(C(=O)SCF)[C@H](C)C[C@H]2[C@@H]3C[C@H](F)C4=CC(=O)C=C[C@]4(C)[C@@]3(F)[C@@H](OP(=O)(O)O)C[C@@]21C. The molecule has 8 nitrogen and oxygen atoms in total. The van der Waals surface area contributed by atoms with Crippen LogP contribution in [-0.4, -0.2) is 56.2 Å². The Morgan fingerprint density at radius 1 is 1.24 bits per heavy atom. The molecule has 0 radical (unpaired) electrons. The maximum absolute atomic E-state index is 17.8. The molecule has 9 atom stereocenters. The van der Waals surface area contributed by atoms with E-state index in [9.17, 15) is 33.1 Å². The fourth-order valence-corrected chi connectivity index (χ4v) is 9.22. The van der Waals surface area contributed by atoms with Crippen molar-refractivity contribution < 1.29 is 51.2 Å². The lowest BCUT2D eigenvalue weighted by atomic mass is 9.44. The van der Waals surface area contributed by atoms with E-state index in [1.807, 2.05) is 0 Å². The number of fused-ring (bicyclic) bond motifs is 5. The van der Waals surface area contributed by atoms with E-state index in [-0.39, 0.29) is 18.4 Å². The molecule has 2 N–H and O–H groups in total. The fourth-order valence-electron chi connectivity index (χ4n) is 7.87. The molecule has 0 spiro atoms. The van der Waals surface area contributed by atoms with Crippen LogP contribution in [0.1, 0.15) is 53.4 Å². The Labute approximate surface area is 223 Å². The molecule has 3 fully saturated rings. The Kier molecular flexibility index (Phi) is 7.44. The van der Waals surface area contributed by atoms with Crippen LogP contribution in [-0.2, 0) is 28.2 Å². The molecule has 0 heterocycles. The molecule has 3 saturated carbocycles. The summed E-state index contributed by atoms with van der Waals surface area (Å²) in [7, 11) is -5.34. The summed E-state index contributed by atoms with van der Waals surface area (Å²) in [5.41, 5.74) is -8.00. The van der Waals surface area contributed by atoms with Crippen molar-refractivity contribution in [3.8, 4) is 0 Å². The number of hydrogen-bond acceptors (Lipinski definition) is 7. The molecule has 0 amide bonds. The number of rotatable bonds is 6. The van der Waals surface area contributed by atoms with Gasteiger partial charge in [-0.1, -0.05) is 26.8 Å². The number of carbonyl (C=O) groups is 3. The highest BCUT2D eigenvalue weighted by Gasteiger charge is 2.79. The first-order chi connectivity index (χ1) is 17.5. The Morgan fingerprint density at radius 3 is 2.47 bits per heavy atom. The largest absolute Gasteiger partial charge is 0.469 e. The van der Waals surface area contributed by atoms with Crippen molar-refractivity contribution in [1.82, 2.24) is 0 Å². The number of carbonyl (C=O) groups excluding carboxylic acids is 3. The van der Waals surface area contributed by atoms with Crippen LogP contribution in [0.25, 0.3) is 0 Å². The zero-order valence-corrected chi connectivity index (χ0v) is 23.2. The van der Waals surface area contributed by atoms with Crippen molar-refractivity contribution in [3.63, 3.8) is 0 Å². The van der Waals surface area contributed by atoms with Crippen LogP contribution in [0.4, 0.5) is 13.2 Å². The monoisotopic (exact) mass is 580 g/mol. The van der Waals surface area contributed by atoms with Gasteiger partial charge in [0.1, 0.15) is 18.3 Å². The average Bonchev–Trinajstić information content (AvgIpc) is 3.03. The zero-order chi connectivity index (χ0) is 28.5. The number of alkyl halides is 3. The Morgan fingerprint density at radius 2 is 1.89 bits per heavy atom. The minimum absolute atomic E-state index is 0.107. The first-order valence-corrected chi connectivity index (χ1v) is 15.0. The molecular weight excluding hydrogens is 548 g/mol. The normalized spacial score (nSPS) is 44.1. The molecule has 0 aromatic carbocycles. The number of phosphoric acid groups is 1. The number of phosphoric ester groups is 1. The summed E-state index contributed by atoms with van der Waals surface area (Å²) in [5, 5.41) is -0.803. The number of ether oxygens (including phenoxy) is 1. The van der Waals surface area contributed by atoms with Gasteiger partial charge in [-0.05, 0) is 61.6 Å². The molecule has 4 aliphatic rings. The first-order valence-electron chi connectivity index (χ1n) is 12.5. The molecule has 38 heavy (non-hydrogen) atoms. The Bertz CT molecular complexity index is 1160. The summed E-state index contributed by atoms with van der Waals surface area (Å²) < 4.78 is 70.0. The van der Waals surface area contributed by atoms with Gasteiger partial charge in [0.15, 0.2) is 17.1 Å². The van der Waals surface area contributed by atoms with Gasteiger partial charge in [0.25, 0.3) is 0 Å². The predicted molar refractivity (Wildman–Crippen MR) is 132 cm³/mol. The van der Waals surface area contributed by atoms with E-state index in [1.54, 1.807) is 6.92 Å². The predicted octanol–water partition coefficient (Wildman–Crippen LogP) is 4.55. The van der Waals surface area contributed by atoms with Gasteiger partial charge in [0, 0.05) is 29.1 Å². The maximum atomic E-state index is 17.8. The molecule has 0 aromatic rings. The smallest absolute Gasteiger partial charge is 0.449 e. The second-order valence-corrected chi connectivity index (χ2v) is 13.2. The number of allylic oxidation sites excluding steroid dienone is 4. The number of hydrogen-bond donors (Lipinski definition) is 2. The minimum Gasteiger partial charge on any atom is -0.449 e. The number of esters is 1. The minimum atomic E-state index is -5.34. The van der Waals surface area contributed by atoms with Gasteiger partial charge in [-0.15, -0.1) is 0 Å². The highest BCUT2D eigenvalue weighted by molar-refractivity contribution is 8.13. The second-order valence-electron chi connectivity index (χ2n) is 11.2. The molecule has 0 saturated heterocycles. The number of ketones is 1. The third-order valence-corrected chi connectivity index (χ3v) is 10.7. The van der Waals surface area contributed by atoms with Crippen LogP contribution in [0.3, 0.4) is 0 Å². The van der Waals surface area contributed by atoms with E-state index in [0.29, 0.717) is 11.8 Å². The van der Waals surface area contributed by atoms with Gasteiger partial charge >= 0.3 is 13.8 Å². The molecule has 0 unspecified atom stereocenters. The number of halogens is 3. The van der Waals surface area contributed by atoms with E-state index in [2.05, 4.69) is 0 Å². The third-order valence-electron chi connectivity index (χ3n) is 9.46. The molecule has 4 aliphatic carbocycles. The lowest BCUT2D eigenvalue weighted by molar-refractivity contribution is -0.225. The lowest BCUT2D eigenvalue weighted by Gasteiger charge is -2.63. The van der Waals surface area contributed by atoms with Crippen molar-refractivity contribution in [1.29, 1.82) is 0 Å². The Balaban J connectivity index is 1.96. The van der Waals surface area contributed by atoms with Crippen molar-refractivity contribution in [3.05, 3.63) is 23.8 Å². The highest BCUT2D eigenvalue weighted by Crippen LogP contribution is 2.73. The van der Waals surface area contributed by atoms with E-state index in [0.717, 1.165) is 12.2 Å². The van der Waals surface area contributed by atoms with Gasteiger partial charge in [-0.3, -0.25) is 18.9 Å². The molecular formula is C25H32F3O8PS. The fraction of sp³-hybridized carbons (Fsp3) is 0.720. The van der Waals surface area contributed by atoms with Crippen LogP contribution in [0.5, 0.6) is 0 Å². The lowest BCUT2D eigenvalue weighted by Crippen LogP contribution is -2.71. The second kappa shape index (κ2) is 9.58. The summed E-state index contributed by atoms with van der Waals surface area (Å²) in [5.74, 6) is -4.10. The van der Waals surface area contributed by atoms with Gasteiger partial charge in [0.05, 0.1) is 0 Å². The summed E-state index contributed by atoms with van der Waals surface area (Å²) in [6.07, 6.45) is -1.27. The third kappa shape index (κ3) is 4.00. The quantitative estimate of drug-likeness (QED) is 0.344. The van der Waals surface area contributed by atoms with Crippen molar-refractivity contribution in [2.24, 2.45) is 28.6 Å². The van der Waals surface area contributed by atoms with Crippen molar-refractivity contribution >= 4 is 36.5 Å². The summed E-state index contributed by atoms with van der Waals surface area (Å²) in [6.45, 7) is 6.03. The summed E-state index contributed by atoms with van der Waals surface area (Å²) in [4.78, 5) is 57.8. The summed E-state index contributed by atoms with van der Waals surface area (Å²) in [6, 6.07) is -1.12. The Hall–Kier alpha value is -1.46. The van der Waals surface area contributed by atoms with Gasteiger partial charge in [-0.25, -0.2) is 17.7 Å².